The molecule has 0 aliphatic heterocycles. The van der Waals surface area contributed by atoms with Crippen LogP contribution >= 0.6 is 38.9 Å². The summed E-state index contributed by atoms with van der Waals surface area (Å²) in [6, 6.07) is 6.60. The van der Waals surface area contributed by atoms with Gasteiger partial charge in [0, 0.05) is 22.2 Å². The summed E-state index contributed by atoms with van der Waals surface area (Å²) in [6.07, 6.45) is 0.376. The van der Waals surface area contributed by atoms with Crippen LogP contribution in [0.2, 0.25) is 5.02 Å². The monoisotopic (exact) mass is 346 g/mol. The van der Waals surface area contributed by atoms with E-state index in [0.29, 0.717) is 12.0 Å². The summed E-state index contributed by atoms with van der Waals surface area (Å²) in [6.45, 7) is 0. The Morgan fingerprint density at radius 1 is 1.33 bits per heavy atom. The standard InChI is InChI=1S/C13H9BrClFOS/c14-10-4-5-18-12(10)7-9(17)6-8-2-1-3-11(15)13(8)16/h1-5H,6-7H2. The summed E-state index contributed by atoms with van der Waals surface area (Å²) in [7, 11) is 0. The van der Waals surface area contributed by atoms with E-state index in [9.17, 15) is 9.18 Å². The highest BCUT2D eigenvalue weighted by molar-refractivity contribution is 9.10. The Morgan fingerprint density at radius 3 is 2.78 bits per heavy atom. The summed E-state index contributed by atoms with van der Waals surface area (Å²) >= 11 is 10.6. The van der Waals surface area contributed by atoms with Crippen molar-refractivity contribution in [2.45, 2.75) is 12.8 Å². The third-order valence-corrected chi connectivity index (χ3v) is 4.69. The van der Waals surface area contributed by atoms with Gasteiger partial charge >= 0.3 is 0 Å². The molecule has 1 nitrogen and oxygen atoms in total. The van der Waals surface area contributed by atoms with Crippen molar-refractivity contribution in [2.24, 2.45) is 0 Å². The first kappa shape index (κ1) is 13.7. The van der Waals surface area contributed by atoms with Gasteiger partial charge in [-0.3, -0.25) is 4.79 Å². The summed E-state index contributed by atoms with van der Waals surface area (Å²) in [5.41, 5.74) is 0.347. The molecule has 1 aromatic heterocycles. The molecule has 2 rings (SSSR count). The van der Waals surface area contributed by atoms with Gasteiger partial charge in [-0.1, -0.05) is 23.7 Å². The number of carbonyl (C=O) groups is 1. The Kier molecular flexibility index (Phi) is 4.54. The smallest absolute Gasteiger partial charge is 0.145 e. The predicted octanol–water partition coefficient (Wildman–Crippen LogP) is 4.66. The fourth-order valence-electron chi connectivity index (χ4n) is 1.59. The maximum absolute atomic E-state index is 13.6. The van der Waals surface area contributed by atoms with E-state index in [1.807, 2.05) is 11.4 Å². The normalized spacial score (nSPS) is 10.6. The molecular weight excluding hydrogens is 339 g/mol. The maximum atomic E-state index is 13.6. The van der Waals surface area contributed by atoms with Crippen molar-refractivity contribution in [2.75, 3.05) is 0 Å². The zero-order valence-electron chi connectivity index (χ0n) is 9.25. The fraction of sp³-hybridized carbons (Fsp3) is 0.154. The fourth-order valence-corrected chi connectivity index (χ4v) is 3.31. The number of thiophene rings is 1. The molecule has 5 heteroatoms. The van der Waals surface area contributed by atoms with Gasteiger partial charge in [0.05, 0.1) is 5.02 Å². The topological polar surface area (TPSA) is 17.1 Å². The average Bonchev–Trinajstić information content (AvgIpc) is 2.71. The van der Waals surface area contributed by atoms with Crippen molar-refractivity contribution in [1.29, 1.82) is 0 Å². The van der Waals surface area contributed by atoms with Gasteiger partial charge < -0.3 is 0 Å². The molecule has 0 spiro atoms. The molecule has 0 amide bonds. The molecule has 18 heavy (non-hydrogen) atoms. The summed E-state index contributed by atoms with van der Waals surface area (Å²) in [5, 5.41) is 1.96. The van der Waals surface area contributed by atoms with E-state index in [0.717, 1.165) is 9.35 Å². The van der Waals surface area contributed by atoms with Crippen LogP contribution in [0.3, 0.4) is 0 Å². The number of ketones is 1. The van der Waals surface area contributed by atoms with E-state index in [4.69, 9.17) is 11.6 Å². The maximum Gasteiger partial charge on any atom is 0.145 e. The van der Waals surface area contributed by atoms with Crippen LogP contribution in [0.4, 0.5) is 4.39 Å². The van der Waals surface area contributed by atoms with Crippen LogP contribution in [0.15, 0.2) is 34.1 Å². The van der Waals surface area contributed by atoms with Crippen LogP contribution in [0, 0.1) is 5.82 Å². The lowest BCUT2D eigenvalue weighted by molar-refractivity contribution is -0.117. The highest BCUT2D eigenvalue weighted by Crippen LogP contribution is 2.24. The molecule has 0 aliphatic rings. The van der Waals surface area contributed by atoms with E-state index in [1.165, 1.54) is 17.4 Å². The number of halogens is 3. The Bertz CT molecular complexity index is 582. The summed E-state index contributed by atoms with van der Waals surface area (Å²) in [4.78, 5) is 12.8. The van der Waals surface area contributed by atoms with Gasteiger partial charge in [-0.15, -0.1) is 11.3 Å². The lowest BCUT2D eigenvalue weighted by Crippen LogP contribution is -2.07. The minimum atomic E-state index is -0.502. The molecule has 0 radical (unpaired) electrons. The third kappa shape index (κ3) is 3.19. The second-order valence-electron chi connectivity index (χ2n) is 3.80. The quantitative estimate of drug-likeness (QED) is 0.786. The molecule has 0 atom stereocenters. The van der Waals surface area contributed by atoms with Crippen molar-refractivity contribution < 1.29 is 9.18 Å². The van der Waals surface area contributed by atoms with Crippen molar-refractivity contribution in [3.05, 3.63) is 55.4 Å². The van der Waals surface area contributed by atoms with Crippen LogP contribution in [-0.2, 0) is 17.6 Å². The van der Waals surface area contributed by atoms with E-state index < -0.39 is 5.82 Å². The first-order valence-corrected chi connectivity index (χ1v) is 7.29. The van der Waals surface area contributed by atoms with Gasteiger partial charge in [-0.25, -0.2) is 4.39 Å². The Morgan fingerprint density at radius 2 is 2.11 bits per heavy atom. The van der Waals surface area contributed by atoms with Gasteiger partial charge in [0.25, 0.3) is 0 Å². The van der Waals surface area contributed by atoms with Crippen LogP contribution < -0.4 is 0 Å². The highest BCUT2D eigenvalue weighted by atomic mass is 79.9. The minimum Gasteiger partial charge on any atom is -0.299 e. The molecule has 0 bridgehead atoms. The molecule has 1 heterocycles. The zero-order chi connectivity index (χ0) is 13.1. The van der Waals surface area contributed by atoms with Crippen molar-refractivity contribution in [1.82, 2.24) is 0 Å². The van der Waals surface area contributed by atoms with E-state index in [2.05, 4.69) is 15.9 Å². The molecule has 0 fully saturated rings. The van der Waals surface area contributed by atoms with Gasteiger partial charge in [-0.05, 0) is 39.0 Å². The molecule has 0 saturated heterocycles. The van der Waals surface area contributed by atoms with Crippen LogP contribution in [-0.4, -0.2) is 5.78 Å². The van der Waals surface area contributed by atoms with Crippen molar-refractivity contribution >= 4 is 44.7 Å². The van der Waals surface area contributed by atoms with Crippen molar-refractivity contribution in [3.8, 4) is 0 Å². The van der Waals surface area contributed by atoms with Gasteiger partial charge in [0.15, 0.2) is 0 Å². The molecular formula is C13H9BrClFOS. The van der Waals surface area contributed by atoms with E-state index >= 15 is 0 Å². The molecule has 0 N–H and O–H groups in total. The lowest BCUT2D eigenvalue weighted by atomic mass is 10.1. The van der Waals surface area contributed by atoms with E-state index in [1.54, 1.807) is 12.1 Å². The van der Waals surface area contributed by atoms with Gasteiger partial charge in [0.1, 0.15) is 11.6 Å². The molecule has 0 aliphatic carbocycles. The van der Waals surface area contributed by atoms with E-state index in [-0.39, 0.29) is 17.2 Å². The second-order valence-corrected chi connectivity index (χ2v) is 6.06. The summed E-state index contributed by atoms with van der Waals surface area (Å²) < 4.78 is 14.6. The van der Waals surface area contributed by atoms with Crippen LogP contribution in [0.25, 0.3) is 0 Å². The Balaban J connectivity index is 2.08. The van der Waals surface area contributed by atoms with Gasteiger partial charge in [-0.2, -0.15) is 0 Å². The van der Waals surface area contributed by atoms with Crippen molar-refractivity contribution in [3.63, 3.8) is 0 Å². The number of rotatable bonds is 4. The SMILES string of the molecule is O=C(Cc1cccc(Cl)c1F)Cc1sccc1Br. The molecule has 1 aromatic carbocycles. The Labute approximate surface area is 122 Å². The Hall–Kier alpha value is -0.710. The number of hydrogen-bond donors (Lipinski definition) is 0. The van der Waals surface area contributed by atoms with Crippen LogP contribution in [0.1, 0.15) is 10.4 Å². The predicted molar refractivity (Wildman–Crippen MR) is 75.8 cm³/mol. The molecule has 0 unspecified atom stereocenters. The first-order valence-electron chi connectivity index (χ1n) is 5.24. The molecule has 2 aromatic rings. The number of carbonyl (C=O) groups excluding carboxylic acids is 1. The summed E-state index contributed by atoms with van der Waals surface area (Å²) in [5.74, 6) is -0.530. The highest BCUT2D eigenvalue weighted by Gasteiger charge is 2.13. The first-order chi connectivity index (χ1) is 8.58. The largest absolute Gasteiger partial charge is 0.299 e. The lowest BCUT2D eigenvalue weighted by Gasteiger charge is -2.03. The van der Waals surface area contributed by atoms with Crippen LogP contribution in [0.5, 0.6) is 0 Å². The number of Topliss-reactive ketones (excluding diaryl/α,β-unsaturated/α-hetero) is 1. The number of hydrogen-bond acceptors (Lipinski definition) is 2. The second kappa shape index (κ2) is 5.95. The molecule has 94 valence electrons. The molecule has 0 saturated carbocycles. The number of benzene rings is 1. The average molecular weight is 348 g/mol. The third-order valence-electron chi connectivity index (χ3n) is 2.47. The van der Waals surface area contributed by atoms with Gasteiger partial charge in [0.2, 0.25) is 0 Å². The minimum absolute atomic E-state index is 0.0284. The zero-order valence-corrected chi connectivity index (χ0v) is 12.4.